The number of rotatable bonds is 1. The minimum absolute atomic E-state index is 0.726. The average Bonchev–Trinajstić information content (AvgIpc) is 2.82. The van der Waals surface area contributed by atoms with Gasteiger partial charge < -0.3 is 5.73 Å². The molecule has 0 bridgehead atoms. The fraction of sp³-hybridized carbons (Fsp3) is 0.167. The molecule has 0 atom stereocenters. The molecule has 0 saturated heterocycles. The van der Waals surface area contributed by atoms with Crippen LogP contribution in [0, 0.1) is 13.8 Å². The summed E-state index contributed by atoms with van der Waals surface area (Å²) in [4.78, 5) is 4.47. The highest BCUT2D eigenvalue weighted by atomic mass is 32.1. The number of thiazole rings is 1. The van der Waals surface area contributed by atoms with Gasteiger partial charge >= 0.3 is 0 Å². The summed E-state index contributed by atoms with van der Waals surface area (Å²) in [6.45, 7) is 3.96. The number of nitrogens with two attached hydrogens (primary N) is 1. The topological polar surface area (TPSA) is 56.7 Å². The third-order valence-electron chi connectivity index (χ3n) is 2.61. The lowest BCUT2D eigenvalue weighted by atomic mass is 10.2. The Balaban J connectivity index is 2.25. The van der Waals surface area contributed by atoms with Crippen LogP contribution in [-0.4, -0.2) is 14.8 Å². The summed E-state index contributed by atoms with van der Waals surface area (Å²) in [5, 5.41) is 5.42. The van der Waals surface area contributed by atoms with E-state index in [-0.39, 0.29) is 0 Å². The van der Waals surface area contributed by atoms with Crippen LogP contribution in [0.2, 0.25) is 0 Å². The number of nitrogen functional groups attached to an aromatic ring is 1. The molecule has 0 fully saturated rings. The van der Waals surface area contributed by atoms with E-state index in [4.69, 9.17) is 5.73 Å². The van der Waals surface area contributed by atoms with Crippen LogP contribution in [0.4, 0.5) is 5.69 Å². The molecule has 17 heavy (non-hydrogen) atoms. The molecule has 5 heteroatoms. The van der Waals surface area contributed by atoms with E-state index >= 15 is 0 Å². The van der Waals surface area contributed by atoms with Crippen LogP contribution in [0.5, 0.6) is 0 Å². The first-order chi connectivity index (χ1) is 8.13. The second-order valence-corrected chi connectivity index (χ2v) is 5.25. The molecular formula is C12H12N4S. The Labute approximate surface area is 103 Å². The largest absolute Gasteiger partial charge is 0.397 e. The third-order valence-corrected chi connectivity index (χ3v) is 3.55. The Morgan fingerprint density at radius 3 is 2.82 bits per heavy atom. The molecule has 1 aromatic carbocycles. The molecule has 4 nitrogen and oxygen atoms in total. The van der Waals surface area contributed by atoms with Gasteiger partial charge in [0.2, 0.25) is 0 Å². The number of benzene rings is 1. The smallest absolute Gasteiger partial charge is 0.0907 e. The van der Waals surface area contributed by atoms with Crippen molar-refractivity contribution in [2.45, 2.75) is 13.8 Å². The Bertz CT molecular complexity index is 696. The molecule has 2 heterocycles. The van der Waals surface area contributed by atoms with Crippen LogP contribution < -0.4 is 5.73 Å². The second-order valence-electron chi connectivity index (χ2n) is 4.01. The van der Waals surface area contributed by atoms with E-state index in [0.29, 0.717) is 0 Å². The van der Waals surface area contributed by atoms with Crippen molar-refractivity contribution >= 4 is 27.2 Å². The summed E-state index contributed by atoms with van der Waals surface area (Å²) in [6.07, 6.45) is 1.91. The number of fused-ring (bicyclic) bond motifs is 1. The van der Waals surface area contributed by atoms with Crippen molar-refractivity contribution in [2.24, 2.45) is 0 Å². The van der Waals surface area contributed by atoms with Crippen molar-refractivity contribution in [3.63, 3.8) is 0 Å². The molecular weight excluding hydrogens is 232 g/mol. The monoisotopic (exact) mass is 244 g/mol. The van der Waals surface area contributed by atoms with Crippen molar-refractivity contribution in [1.82, 2.24) is 14.8 Å². The second kappa shape index (κ2) is 3.56. The number of aromatic nitrogens is 3. The minimum Gasteiger partial charge on any atom is -0.397 e. The van der Waals surface area contributed by atoms with Gasteiger partial charge in [-0.3, -0.25) is 0 Å². The van der Waals surface area contributed by atoms with Crippen LogP contribution in [-0.2, 0) is 0 Å². The van der Waals surface area contributed by atoms with E-state index in [0.717, 1.165) is 32.3 Å². The molecule has 0 radical (unpaired) electrons. The maximum Gasteiger partial charge on any atom is 0.0907 e. The quantitative estimate of drug-likeness (QED) is 0.669. The fourth-order valence-electron chi connectivity index (χ4n) is 1.84. The normalized spacial score (nSPS) is 11.2. The molecule has 0 spiro atoms. The van der Waals surface area contributed by atoms with Gasteiger partial charge in [-0.2, -0.15) is 5.10 Å². The predicted molar refractivity (Wildman–Crippen MR) is 70.6 cm³/mol. The van der Waals surface area contributed by atoms with Crippen LogP contribution >= 0.6 is 11.3 Å². The summed E-state index contributed by atoms with van der Waals surface area (Å²) < 4.78 is 2.91. The molecule has 0 unspecified atom stereocenters. The zero-order valence-corrected chi connectivity index (χ0v) is 10.5. The van der Waals surface area contributed by atoms with Gasteiger partial charge in [-0.25, -0.2) is 9.67 Å². The lowest BCUT2D eigenvalue weighted by molar-refractivity contribution is 0.866. The zero-order chi connectivity index (χ0) is 12.0. The van der Waals surface area contributed by atoms with Crippen LogP contribution in [0.15, 0.2) is 24.4 Å². The Morgan fingerprint density at radius 1 is 1.29 bits per heavy atom. The van der Waals surface area contributed by atoms with E-state index in [2.05, 4.69) is 10.1 Å². The lowest BCUT2D eigenvalue weighted by Crippen LogP contribution is -2.00. The van der Waals surface area contributed by atoms with E-state index in [1.54, 1.807) is 16.0 Å². The van der Waals surface area contributed by atoms with E-state index in [1.807, 2.05) is 38.2 Å². The van der Waals surface area contributed by atoms with Gasteiger partial charge in [-0.1, -0.05) is 0 Å². The molecule has 3 aromatic rings. The van der Waals surface area contributed by atoms with Gasteiger partial charge in [0.25, 0.3) is 0 Å². The van der Waals surface area contributed by atoms with Gasteiger partial charge in [0, 0.05) is 6.20 Å². The summed E-state index contributed by atoms with van der Waals surface area (Å²) in [6, 6.07) is 5.91. The van der Waals surface area contributed by atoms with Crippen molar-refractivity contribution < 1.29 is 0 Å². The molecule has 0 aliphatic heterocycles. The molecule has 3 rings (SSSR count). The minimum atomic E-state index is 0.726. The first-order valence-electron chi connectivity index (χ1n) is 5.33. The molecule has 0 aliphatic carbocycles. The number of anilines is 1. The Kier molecular flexibility index (Phi) is 2.16. The number of hydrogen-bond acceptors (Lipinski definition) is 4. The highest BCUT2D eigenvalue weighted by Gasteiger charge is 2.08. The van der Waals surface area contributed by atoms with E-state index in [9.17, 15) is 0 Å². The summed E-state index contributed by atoms with van der Waals surface area (Å²) >= 11 is 1.65. The van der Waals surface area contributed by atoms with E-state index in [1.165, 1.54) is 0 Å². The molecule has 2 N–H and O–H groups in total. The van der Waals surface area contributed by atoms with Gasteiger partial charge in [0.15, 0.2) is 0 Å². The highest BCUT2D eigenvalue weighted by Crippen LogP contribution is 2.28. The number of nitrogens with zero attached hydrogens (tertiary/aromatic N) is 3. The SMILES string of the molecule is Cc1ccn(-c2cc3nc(C)sc3cc2N)n1. The maximum absolute atomic E-state index is 6.06. The summed E-state index contributed by atoms with van der Waals surface area (Å²) in [5.41, 5.74) is 9.61. The van der Waals surface area contributed by atoms with Crippen LogP contribution in [0.3, 0.4) is 0 Å². The maximum atomic E-state index is 6.06. The highest BCUT2D eigenvalue weighted by molar-refractivity contribution is 7.18. The van der Waals surface area contributed by atoms with Crippen molar-refractivity contribution in [3.8, 4) is 5.69 Å². The lowest BCUT2D eigenvalue weighted by Gasteiger charge is -2.05. The fourth-order valence-corrected chi connectivity index (χ4v) is 2.70. The van der Waals surface area contributed by atoms with Crippen molar-refractivity contribution in [3.05, 3.63) is 35.1 Å². The first-order valence-corrected chi connectivity index (χ1v) is 6.14. The molecule has 0 aliphatic rings. The van der Waals surface area contributed by atoms with Gasteiger partial charge in [0.05, 0.1) is 32.3 Å². The van der Waals surface area contributed by atoms with E-state index < -0.39 is 0 Å². The number of hydrogen-bond donors (Lipinski definition) is 1. The van der Waals surface area contributed by atoms with Gasteiger partial charge in [-0.05, 0) is 32.0 Å². The zero-order valence-electron chi connectivity index (χ0n) is 9.64. The first kappa shape index (κ1) is 10.3. The average molecular weight is 244 g/mol. The van der Waals surface area contributed by atoms with Crippen LogP contribution in [0.25, 0.3) is 15.9 Å². The van der Waals surface area contributed by atoms with Gasteiger partial charge in [-0.15, -0.1) is 11.3 Å². The van der Waals surface area contributed by atoms with Crippen molar-refractivity contribution in [1.29, 1.82) is 0 Å². The Hall–Kier alpha value is -1.88. The Morgan fingerprint density at radius 2 is 2.12 bits per heavy atom. The standard InChI is InChI=1S/C12H12N4S/c1-7-3-4-16(15-7)11-6-10-12(5-9(11)13)17-8(2)14-10/h3-6H,13H2,1-2H3. The summed E-state index contributed by atoms with van der Waals surface area (Å²) in [5.74, 6) is 0. The van der Waals surface area contributed by atoms with Crippen molar-refractivity contribution in [2.75, 3.05) is 5.73 Å². The molecule has 2 aromatic heterocycles. The number of aryl methyl sites for hydroxylation is 2. The molecule has 0 amide bonds. The third kappa shape index (κ3) is 1.68. The van der Waals surface area contributed by atoms with Crippen LogP contribution in [0.1, 0.15) is 10.7 Å². The molecule has 0 saturated carbocycles. The van der Waals surface area contributed by atoms with Gasteiger partial charge in [0.1, 0.15) is 0 Å². The predicted octanol–water partition coefficient (Wildman–Crippen LogP) is 2.68. The molecule has 86 valence electrons. The summed E-state index contributed by atoms with van der Waals surface area (Å²) in [7, 11) is 0.